The predicted octanol–water partition coefficient (Wildman–Crippen LogP) is 3.60. The molecular weight excluding hydrogens is 398 g/mol. The van der Waals surface area contributed by atoms with E-state index in [1.165, 1.54) is 12.1 Å². The molecule has 2 N–H and O–H groups in total. The maximum atomic E-state index is 12.8. The summed E-state index contributed by atoms with van der Waals surface area (Å²) < 4.78 is 2.65. The van der Waals surface area contributed by atoms with Crippen LogP contribution in [-0.2, 0) is 13.0 Å². The Kier molecular flexibility index (Phi) is 5.08. The maximum absolute atomic E-state index is 12.8. The van der Waals surface area contributed by atoms with Crippen molar-refractivity contribution in [2.24, 2.45) is 0 Å². The molecule has 7 heteroatoms. The van der Waals surface area contributed by atoms with Crippen molar-refractivity contribution in [3.05, 3.63) is 69.1 Å². The second-order valence-electron chi connectivity index (χ2n) is 6.00. The summed E-state index contributed by atoms with van der Waals surface area (Å²) in [6.45, 7) is 4.23. The fraction of sp³-hybridized carbons (Fsp3) is 0.211. The van der Waals surface area contributed by atoms with Crippen molar-refractivity contribution in [1.29, 1.82) is 0 Å². The van der Waals surface area contributed by atoms with Crippen molar-refractivity contribution in [2.45, 2.75) is 26.8 Å². The highest BCUT2D eigenvalue weighted by Crippen LogP contribution is 2.23. The number of hydrogen-bond acceptors (Lipinski definition) is 3. The van der Waals surface area contributed by atoms with Gasteiger partial charge >= 0.3 is 5.97 Å². The molecule has 0 aliphatic carbocycles. The van der Waals surface area contributed by atoms with Crippen molar-refractivity contribution in [2.75, 3.05) is 0 Å². The number of aryl methyl sites for hydroxylation is 2. The molecule has 0 atom stereocenters. The van der Waals surface area contributed by atoms with Gasteiger partial charge in [0.2, 0.25) is 0 Å². The molecule has 26 heavy (non-hydrogen) atoms. The van der Waals surface area contributed by atoms with Gasteiger partial charge in [-0.1, -0.05) is 19.1 Å². The summed E-state index contributed by atoms with van der Waals surface area (Å²) in [4.78, 5) is 28.3. The number of carboxylic acids is 1. The van der Waals surface area contributed by atoms with Crippen molar-refractivity contribution < 1.29 is 14.7 Å². The smallest absolute Gasteiger partial charge is 0.335 e. The fourth-order valence-corrected chi connectivity index (χ4v) is 3.44. The molecule has 0 unspecified atom stereocenters. The fourth-order valence-electron chi connectivity index (χ4n) is 2.80. The first kappa shape index (κ1) is 18.1. The normalized spacial score (nSPS) is 10.9. The molecule has 0 radical (unpaired) electrons. The van der Waals surface area contributed by atoms with E-state index in [9.17, 15) is 9.59 Å². The molecule has 3 rings (SSSR count). The van der Waals surface area contributed by atoms with Crippen LogP contribution in [0.2, 0.25) is 0 Å². The minimum Gasteiger partial charge on any atom is -0.478 e. The molecule has 1 amide bonds. The van der Waals surface area contributed by atoms with E-state index < -0.39 is 5.97 Å². The van der Waals surface area contributed by atoms with Gasteiger partial charge in [-0.2, -0.15) is 0 Å². The minimum atomic E-state index is -0.972. The molecule has 0 bridgehead atoms. The van der Waals surface area contributed by atoms with Gasteiger partial charge in [0.15, 0.2) is 5.65 Å². The summed E-state index contributed by atoms with van der Waals surface area (Å²) in [5, 5.41) is 11.8. The second kappa shape index (κ2) is 7.29. The van der Waals surface area contributed by atoms with Crippen LogP contribution in [0.3, 0.4) is 0 Å². The average molecular weight is 416 g/mol. The zero-order valence-electron chi connectivity index (χ0n) is 14.4. The van der Waals surface area contributed by atoms with Gasteiger partial charge < -0.3 is 10.4 Å². The van der Waals surface area contributed by atoms with E-state index in [-0.39, 0.29) is 11.5 Å². The number of fused-ring (bicyclic) bond motifs is 1. The third kappa shape index (κ3) is 3.48. The van der Waals surface area contributed by atoms with Crippen LogP contribution in [0, 0.1) is 6.92 Å². The average Bonchev–Trinajstić information content (AvgIpc) is 2.99. The molecule has 0 spiro atoms. The summed E-state index contributed by atoms with van der Waals surface area (Å²) in [5.41, 5.74) is 4.03. The highest BCUT2D eigenvalue weighted by atomic mass is 79.9. The first-order chi connectivity index (χ1) is 12.4. The molecule has 0 aliphatic heterocycles. The maximum Gasteiger partial charge on any atom is 0.335 e. The van der Waals surface area contributed by atoms with Crippen molar-refractivity contribution in [1.82, 2.24) is 14.7 Å². The van der Waals surface area contributed by atoms with E-state index in [0.29, 0.717) is 24.3 Å². The molecule has 2 heterocycles. The van der Waals surface area contributed by atoms with Crippen molar-refractivity contribution in [3.63, 3.8) is 0 Å². The lowest BCUT2D eigenvalue weighted by atomic mass is 10.1. The van der Waals surface area contributed by atoms with Crippen molar-refractivity contribution >= 4 is 33.5 Å². The lowest BCUT2D eigenvalue weighted by molar-refractivity contribution is 0.0696. The zero-order chi connectivity index (χ0) is 18.8. The van der Waals surface area contributed by atoms with Crippen LogP contribution in [0.5, 0.6) is 0 Å². The number of carbonyl (C=O) groups excluding carboxylic acids is 1. The molecule has 6 nitrogen and oxygen atoms in total. The summed E-state index contributed by atoms with van der Waals surface area (Å²) in [7, 11) is 0. The molecule has 0 aliphatic rings. The number of hydrogen-bond donors (Lipinski definition) is 2. The number of nitrogens with one attached hydrogen (secondary N) is 1. The van der Waals surface area contributed by atoms with E-state index in [2.05, 4.69) is 26.2 Å². The molecule has 0 saturated carbocycles. The number of carboxylic acid groups (broad SMARTS) is 1. The number of benzene rings is 1. The number of aromatic nitrogens is 2. The Balaban J connectivity index is 1.86. The number of imidazole rings is 1. The zero-order valence-corrected chi connectivity index (χ0v) is 16.0. The molecule has 1 aromatic carbocycles. The van der Waals surface area contributed by atoms with E-state index in [4.69, 9.17) is 5.11 Å². The van der Waals surface area contributed by atoms with Gasteiger partial charge in [0.1, 0.15) is 5.69 Å². The van der Waals surface area contributed by atoms with Crippen LogP contribution in [0.25, 0.3) is 5.65 Å². The lowest BCUT2D eigenvalue weighted by Crippen LogP contribution is -2.25. The number of carbonyl (C=O) groups is 2. The van der Waals surface area contributed by atoms with Gasteiger partial charge in [-0.3, -0.25) is 9.20 Å². The number of rotatable bonds is 5. The molecule has 0 fully saturated rings. The summed E-state index contributed by atoms with van der Waals surface area (Å²) >= 11 is 3.50. The minimum absolute atomic E-state index is 0.214. The summed E-state index contributed by atoms with van der Waals surface area (Å²) in [5.74, 6) is -1.19. The number of pyridine rings is 1. The third-order valence-electron chi connectivity index (χ3n) is 4.09. The van der Waals surface area contributed by atoms with E-state index >= 15 is 0 Å². The van der Waals surface area contributed by atoms with Crippen LogP contribution in [0.1, 0.15) is 44.6 Å². The first-order valence-electron chi connectivity index (χ1n) is 8.18. The molecule has 3 aromatic rings. The van der Waals surface area contributed by atoms with Gasteiger partial charge in [-0.05, 0) is 58.6 Å². The van der Waals surface area contributed by atoms with Crippen LogP contribution < -0.4 is 5.32 Å². The Morgan fingerprint density at radius 2 is 1.96 bits per heavy atom. The van der Waals surface area contributed by atoms with Gasteiger partial charge in [0.25, 0.3) is 5.91 Å². The predicted molar refractivity (Wildman–Crippen MR) is 102 cm³/mol. The largest absolute Gasteiger partial charge is 0.478 e. The van der Waals surface area contributed by atoms with Crippen molar-refractivity contribution in [3.8, 4) is 0 Å². The quantitative estimate of drug-likeness (QED) is 0.666. The van der Waals surface area contributed by atoms with E-state index in [1.54, 1.807) is 16.5 Å². The second-order valence-corrected chi connectivity index (χ2v) is 6.86. The standard InChI is InChI=1S/C19H18BrN3O3/c1-3-15-16(23-10-11(2)8-14(20)17(23)22-15)18(24)21-9-12-4-6-13(7-5-12)19(25)26/h4-8,10H,3,9H2,1-2H3,(H,21,24)(H,25,26). The Bertz CT molecular complexity index is 993. The summed E-state index contributed by atoms with van der Waals surface area (Å²) in [6, 6.07) is 8.40. The molecule has 134 valence electrons. The number of nitrogens with zero attached hydrogens (tertiary/aromatic N) is 2. The lowest BCUT2D eigenvalue weighted by Gasteiger charge is -2.08. The van der Waals surface area contributed by atoms with Crippen LogP contribution in [-0.4, -0.2) is 26.4 Å². The Morgan fingerprint density at radius 3 is 2.58 bits per heavy atom. The number of aromatic carboxylic acids is 1. The van der Waals surface area contributed by atoms with Gasteiger partial charge in [0.05, 0.1) is 15.7 Å². The first-order valence-corrected chi connectivity index (χ1v) is 8.97. The Morgan fingerprint density at radius 1 is 1.27 bits per heavy atom. The highest BCUT2D eigenvalue weighted by molar-refractivity contribution is 9.10. The Labute approximate surface area is 159 Å². The topological polar surface area (TPSA) is 83.7 Å². The summed E-state index contributed by atoms with van der Waals surface area (Å²) in [6.07, 6.45) is 2.53. The van der Waals surface area contributed by atoms with E-state index in [1.807, 2.05) is 26.1 Å². The number of halogens is 1. The third-order valence-corrected chi connectivity index (χ3v) is 4.67. The Hall–Kier alpha value is -2.67. The van der Waals surface area contributed by atoms with Gasteiger partial charge in [-0.25, -0.2) is 9.78 Å². The van der Waals surface area contributed by atoms with Crippen LogP contribution in [0.15, 0.2) is 41.0 Å². The highest BCUT2D eigenvalue weighted by Gasteiger charge is 2.19. The van der Waals surface area contributed by atoms with Crippen LogP contribution in [0.4, 0.5) is 0 Å². The SMILES string of the molecule is CCc1nc2c(Br)cc(C)cn2c1C(=O)NCc1ccc(C(=O)O)cc1. The van der Waals surface area contributed by atoms with Gasteiger partial charge in [0, 0.05) is 12.7 Å². The monoisotopic (exact) mass is 415 g/mol. The van der Waals surface area contributed by atoms with E-state index in [0.717, 1.165) is 21.3 Å². The van der Waals surface area contributed by atoms with Crippen LogP contribution >= 0.6 is 15.9 Å². The van der Waals surface area contributed by atoms with Gasteiger partial charge in [-0.15, -0.1) is 0 Å². The number of amides is 1. The molecule has 2 aromatic heterocycles. The molecule has 0 saturated heterocycles. The molecular formula is C19H18BrN3O3.